The maximum absolute atomic E-state index is 6.55. The van der Waals surface area contributed by atoms with Crippen molar-refractivity contribution in [1.29, 1.82) is 0 Å². The molecule has 0 radical (unpaired) electrons. The number of nitrogens with zero attached hydrogens (tertiary/aromatic N) is 6. The Labute approximate surface area is 228 Å². The molecular weight excluding hydrogens is 498 g/mol. The molecule has 2 aliphatic heterocycles. The van der Waals surface area contributed by atoms with Gasteiger partial charge in [0.15, 0.2) is 5.75 Å². The first-order chi connectivity index (χ1) is 19.3. The first kappa shape index (κ1) is 26.0. The fourth-order valence-corrected chi connectivity index (χ4v) is 5.39. The molecule has 208 valence electrons. The van der Waals surface area contributed by atoms with E-state index in [0.717, 1.165) is 107 Å². The Bertz CT molecular complexity index is 1190. The number of ether oxygens (including phenoxy) is 4. The summed E-state index contributed by atoms with van der Waals surface area (Å²) >= 11 is 0. The summed E-state index contributed by atoms with van der Waals surface area (Å²) in [6.45, 7) is 8.22. The lowest BCUT2D eigenvalue weighted by molar-refractivity contribution is 0.0322. The number of benzene rings is 1. The van der Waals surface area contributed by atoms with Crippen molar-refractivity contribution in [2.24, 2.45) is 0 Å². The molecule has 3 fully saturated rings. The van der Waals surface area contributed by atoms with E-state index in [2.05, 4.69) is 47.2 Å². The average Bonchev–Trinajstić information content (AvgIpc) is 3.00. The van der Waals surface area contributed by atoms with Gasteiger partial charge in [-0.2, -0.15) is 0 Å². The van der Waals surface area contributed by atoms with E-state index in [4.69, 9.17) is 18.9 Å². The van der Waals surface area contributed by atoms with E-state index in [1.54, 1.807) is 24.8 Å². The Morgan fingerprint density at radius 1 is 0.846 bits per heavy atom. The van der Waals surface area contributed by atoms with Crippen LogP contribution in [0.1, 0.15) is 25.7 Å². The SMILES string of the molecule is c1cnc2c(OC3CCC(Nc4ncc(OCCN5CCOCC5)cn4)CC3)cc(N3CCOCC3)cc2n1. The zero-order valence-electron chi connectivity index (χ0n) is 22.3. The van der Waals surface area contributed by atoms with E-state index in [1.165, 1.54) is 0 Å². The first-order valence-corrected chi connectivity index (χ1v) is 14.1. The lowest BCUT2D eigenvalue weighted by Crippen LogP contribution is -2.38. The molecule has 11 nitrogen and oxygen atoms in total. The summed E-state index contributed by atoms with van der Waals surface area (Å²) in [5.41, 5.74) is 2.79. The Morgan fingerprint density at radius 2 is 1.56 bits per heavy atom. The predicted molar refractivity (Wildman–Crippen MR) is 148 cm³/mol. The number of anilines is 2. The van der Waals surface area contributed by atoms with Gasteiger partial charge in [0.05, 0.1) is 50.4 Å². The Morgan fingerprint density at radius 3 is 2.33 bits per heavy atom. The van der Waals surface area contributed by atoms with Crippen molar-refractivity contribution < 1.29 is 18.9 Å². The second-order valence-corrected chi connectivity index (χ2v) is 10.2. The molecule has 1 saturated carbocycles. The minimum absolute atomic E-state index is 0.136. The van der Waals surface area contributed by atoms with Crippen LogP contribution in [0.2, 0.25) is 0 Å². The predicted octanol–water partition coefficient (Wildman–Crippen LogP) is 2.77. The number of morpholine rings is 2. The number of hydrogen-bond donors (Lipinski definition) is 1. The molecule has 0 spiro atoms. The summed E-state index contributed by atoms with van der Waals surface area (Å²) in [5, 5.41) is 3.49. The Balaban J connectivity index is 0.996. The second kappa shape index (κ2) is 12.7. The van der Waals surface area contributed by atoms with E-state index in [1.807, 2.05) is 0 Å². The van der Waals surface area contributed by atoms with E-state index in [9.17, 15) is 0 Å². The number of aromatic nitrogens is 4. The normalized spacial score (nSPS) is 22.5. The average molecular weight is 536 g/mol. The highest BCUT2D eigenvalue weighted by atomic mass is 16.5. The van der Waals surface area contributed by atoms with Gasteiger partial charge in [-0.3, -0.25) is 9.88 Å². The summed E-state index contributed by atoms with van der Waals surface area (Å²) in [5.74, 6) is 2.14. The molecule has 2 aromatic heterocycles. The highest BCUT2D eigenvalue weighted by molar-refractivity contribution is 5.85. The van der Waals surface area contributed by atoms with Crippen LogP contribution in [0.15, 0.2) is 36.9 Å². The minimum atomic E-state index is 0.136. The molecule has 2 saturated heterocycles. The third-order valence-corrected chi connectivity index (χ3v) is 7.61. The smallest absolute Gasteiger partial charge is 0.223 e. The minimum Gasteiger partial charge on any atom is -0.489 e. The summed E-state index contributed by atoms with van der Waals surface area (Å²) in [6.07, 6.45) is 11.0. The number of nitrogens with one attached hydrogen (secondary N) is 1. The van der Waals surface area contributed by atoms with Crippen molar-refractivity contribution >= 4 is 22.7 Å². The third kappa shape index (κ3) is 6.84. The van der Waals surface area contributed by atoms with Gasteiger partial charge in [0.25, 0.3) is 0 Å². The van der Waals surface area contributed by atoms with Crippen LogP contribution in [0.3, 0.4) is 0 Å². The van der Waals surface area contributed by atoms with Gasteiger partial charge >= 0.3 is 0 Å². The van der Waals surface area contributed by atoms with Crippen molar-refractivity contribution in [2.45, 2.75) is 37.8 Å². The molecule has 3 aliphatic rings. The number of fused-ring (bicyclic) bond motifs is 1. The molecule has 0 atom stereocenters. The monoisotopic (exact) mass is 535 g/mol. The highest BCUT2D eigenvalue weighted by Gasteiger charge is 2.25. The van der Waals surface area contributed by atoms with Crippen LogP contribution < -0.4 is 19.7 Å². The van der Waals surface area contributed by atoms with E-state index in [0.29, 0.717) is 24.3 Å². The maximum Gasteiger partial charge on any atom is 0.223 e. The van der Waals surface area contributed by atoms with Gasteiger partial charge in [0.2, 0.25) is 5.95 Å². The molecule has 39 heavy (non-hydrogen) atoms. The van der Waals surface area contributed by atoms with Gasteiger partial charge in [-0.1, -0.05) is 0 Å². The largest absolute Gasteiger partial charge is 0.489 e. The molecule has 1 aromatic carbocycles. The summed E-state index contributed by atoms with van der Waals surface area (Å²) in [6, 6.07) is 4.53. The summed E-state index contributed by atoms with van der Waals surface area (Å²) in [4.78, 5) is 22.7. The fourth-order valence-electron chi connectivity index (χ4n) is 5.39. The molecule has 11 heteroatoms. The van der Waals surface area contributed by atoms with Gasteiger partial charge in [0, 0.05) is 62.9 Å². The van der Waals surface area contributed by atoms with Crippen molar-refractivity contribution in [3.63, 3.8) is 0 Å². The first-order valence-electron chi connectivity index (χ1n) is 14.1. The van der Waals surface area contributed by atoms with Gasteiger partial charge < -0.3 is 29.2 Å². The van der Waals surface area contributed by atoms with Gasteiger partial charge in [0.1, 0.15) is 17.9 Å². The molecule has 3 aromatic rings. The van der Waals surface area contributed by atoms with Crippen LogP contribution in [0, 0.1) is 0 Å². The third-order valence-electron chi connectivity index (χ3n) is 7.61. The van der Waals surface area contributed by atoms with Crippen molar-refractivity contribution in [2.75, 3.05) is 76.0 Å². The van der Waals surface area contributed by atoms with Crippen LogP contribution in [0.5, 0.6) is 11.5 Å². The molecule has 6 rings (SSSR count). The molecule has 0 amide bonds. The topological polar surface area (TPSA) is 107 Å². The van der Waals surface area contributed by atoms with E-state index >= 15 is 0 Å². The van der Waals surface area contributed by atoms with Crippen molar-refractivity contribution in [1.82, 2.24) is 24.8 Å². The number of hydrogen-bond acceptors (Lipinski definition) is 11. The van der Waals surface area contributed by atoms with E-state index < -0.39 is 0 Å². The lowest BCUT2D eigenvalue weighted by atomic mass is 9.93. The lowest BCUT2D eigenvalue weighted by Gasteiger charge is -2.31. The second-order valence-electron chi connectivity index (χ2n) is 10.2. The quantitative estimate of drug-likeness (QED) is 0.437. The van der Waals surface area contributed by atoms with Crippen LogP contribution in [0.25, 0.3) is 11.0 Å². The Hall–Kier alpha value is -3.28. The molecular formula is C28H37N7O4. The number of rotatable bonds is 9. The zero-order valence-corrected chi connectivity index (χ0v) is 22.3. The van der Waals surface area contributed by atoms with Crippen molar-refractivity contribution in [3.8, 4) is 11.5 Å². The van der Waals surface area contributed by atoms with Gasteiger partial charge in [-0.15, -0.1) is 0 Å². The van der Waals surface area contributed by atoms with E-state index in [-0.39, 0.29) is 6.10 Å². The van der Waals surface area contributed by atoms with Gasteiger partial charge in [-0.05, 0) is 31.7 Å². The standard InChI is InChI=1S/C28H37N7O4/c1-3-23(39-26-18-22(35-10-14-37-15-11-35)17-25-27(26)30-6-5-29-25)4-2-21(1)33-28-31-19-24(20-32-28)38-16-9-34-7-12-36-13-8-34/h5-6,17-21,23H,1-4,7-16H2,(H,31,32,33). The maximum atomic E-state index is 6.55. The summed E-state index contributed by atoms with van der Waals surface area (Å²) < 4.78 is 23.3. The van der Waals surface area contributed by atoms with Crippen LogP contribution in [0.4, 0.5) is 11.6 Å². The molecule has 0 unspecified atom stereocenters. The highest BCUT2D eigenvalue weighted by Crippen LogP contribution is 2.33. The van der Waals surface area contributed by atoms with Crippen LogP contribution in [-0.2, 0) is 9.47 Å². The van der Waals surface area contributed by atoms with Crippen LogP contribution in [-0.4, -0.2) is 103 Å². The molecule has 1 aliphatic carbocycles. The van der Waals surface area contributed by atoms with Crippen molar-refractivity contribution in [3.05, 3.63) is 36.9 Å². The zero-order chi connectivity index (χ0) is 26.3. The molecule has 4 heterocycles. The van der Waals surface area contributed by atoms with Gasteiger partial charge in [-0.25, -0.2) is 15.0 Å². The molecule has 0 bridgehead atoms. The van der Waals surface area contributed by atoms with Crippen LogP contribution >= 0.6 is 0 Å². The summed E-state index contributed by atoms with van der Waals surface area (Å²) in [7, 11) is 0. The fraction of sp³-hybridized carbons (Fsp3) is 0.571. The Kier molecular flexibility index (Phi) is 8.47. The molecule has 1 N–H and O–H groups in total.